The van der Waals surface area contributed by atoms with E-state index in [2.05, 4.69) is 48.5 Å². The largest absolute Gasteiger partial charge is 0.370 e. The maximum absolute atomic E-state index is 5.61. The lowest BCUT2D eigenvalue weighted by molar-refractivity contribution is -0.208. The van der Waals surface area contributed by atoms with Crippen LogP contribution in [0.4, 0.5) is 0 Å². The molecule has 0 bridgehead atoms. The van der Waals surface area contributed by atoms with E-state index < -0.39 is 0 Å². The highest BCUT2D eigenvalue weighted by Gasteiger charge is 2.46. The molecule has 3 heteroatoms. The second-order valence-corrected chi connectivity index (χ2v) is 6.98. The van der Waals surface area contributed by atoms with Crippen molar-refractivity contribution in [3.8, 4) is 11.1 Å². The van der Waals surface area contributed by atoms with Crippen LogP contribution >= 0.6 is 0 Å². The second-order valence-electron chi connectivity index (χ2n) is 6.98. The van der Waals surface area contributed by atoms with Gasteiger partial charge in [-0.1, -0.05) is 60.7 Å². The quantitative estimate of drug-likeness (QED) is 0.746. The van der Waals surface area contributed by atoms with E-state index in [1.54, 1.807) is 0 Å². The summed E-state index contributed by atoms with van der Waals surface area (Å²) in [5.41, 5.74) is 2.55. The molecule has 2 saturated heterocycles. The molecule has 2 heterocycles. The molecule has 3 aliphatic rings. The standard InChI is InChI=1S/C12H10.C10H16O3/c1-3-7-11(8-4-1)12-9-5-2-6-10-12;1-4-11-10(12-5-1)7-2-3-8-9(6-7)13-8/h1-10H;7-10H,1-6H2. The van der Waals surface area contributed by atoms with Gasteiger partial charge in [0.2, 0.25) is 0 Å². The zero-order valence-corrected chi connectivity index (χ0v) is 14.6. The Morgan fingerprint density at radius 3 is 1.84 bits per heavy atom. The number of ether oxygens (including phenoxy) is 3. The molecule has 2 aliphatic heterocycles. The molecular formula is C22H26O3. The molecule has 3 nitrogen and oxygen atoms in total. The Balaban J connectivity index is 0.000000126. The minimum absolute atomic E-state index is 0.0684. The van der Waals surface area contributed by atoms with E-state index in [1.807, 2.05) is 12.1 Å². The molecule has 0 spiro atoms. The van der Waals surface area contributed by atoms with Crippen LogP contribution in [-0.2, 0) is 14.2 Å². The SMILES string of the molecule is C1COC(C2CCC3OC3C2)OC1.c1ccc(-c2ccccc2)cc1. The highest BCUT2D eigenvalue weighted by molar-refractivity contribution is 5.62. The van der Waals surface area contributed by atoms with Gasteiger partial charge < -0.3 is 14.2 Å². The van der Waals surface area contributed by atoms with Crippen molar-refractivity contribution < 1.29 is 14.2 Å². The molecule has 0 amide bonds. The third-order valence-electron chi connectivity index (χ3n) is 5.16. The van der Waals surface area contributed by atoms with Crippen LogP contribution in [0.25, 0.3) is 11.1 Å². The van der Waals surface area contributed by atoms with Crippen LogP contribution in [-0.4, -0.2) is 31.7 Å². The first-order chi connectivity index (χ1) is 12.4. The molecule has 132 valence electrons. The number of benzene rings is 2. The summed E-state index contributed by atoms with van der Waals surface area (Å²) in [6.07, 6.45) is 5.80. The normalized spacial score (nSPS) is 28.4. The Labute approximate surface area is 149 Å². The first-order valence-electron chi connectivity index (χ1n) is 9.39. The molecule has 1 aliphatic carbocycles. The Kier molecular flexibility index (Phi) is 5.46. The Morgan fingerprint density at radius 2 is 1.28 bits per heavy atom. The first kappa shape index (κ1) is 16.8. The number of hydrogen-bond donors (Lipinski definition) is 0. The van der Waals surface area contributed by atoms with Crippen LogP contribution < -0.4 is 0 Å². The third kappa shape index (κ3) is 4.49. The summed E-state index contributed by atoms with van der Waals surface area (Å²) >= 11 is 0. The van der Waals surface area contributed by atoms with Crippen molar-refractivity contribution in [2.24, 2.45) is 5.92 Å². The predicted octanol–water partition coefficient (Wildman–Crippen LogP) is 4.67. The van der Waals surface area contributed by atoms with Crippen molar-refractivity contribution in [2.75, 3.05) is 13.2 Å². The molecule has 3 unspecified atom stereocenters. The lowest BCUT2D eigenvalue weighted by Gasteiger charge is -2.31. The maximum atomic E-state index is 5.61. The van der Waals surface area contributed by atoms with Gasteiger partial charge >= 0.3 is 0 Å². The zero-order chi connectivity index (χ0) is 16.9. The Hall–Kier alpha value is -1.68. The van der Waals surface area contributed by atoms with Crippen molar-refractivity contribution >= 4 is 0 Å². The molecule has 2 aromatic rings. The summed E-state index contributed by atoms with van der Waals surface area (Å²) in [6, 6.07) is 20.8. The smallest absolute Gasteiger partial charge is 0.160 e. The maximum Gasteiger partial charge on any atom is 0.160 e. The van der Waals surface area contributed by atoms with Crippen LogP contribution in [0, 0.1) is 5.92 Å². The fourth-order valence-corrected chi connectivity index (χ4v) is 3.72. The second kappa shape index (κ2) is 8.13. The number of rotatable bonds is 2. The Morgan fingerprint density at radius 1 is 0.680 bits per heavy atom. The molecule has 5 rings (SSSR count). The zero-order valence-electron chi connectivity index (χ0n) is 14.6. The molecular weight excluding hydrogens is 312 g/mol. The van der Waals surface area contributed by atoms with Gasteiger partial charge in [0, 0.05) is 5.92 Å². The van der Waals surface area contributed by atoms with Crippen LogP contribution in [0.3, 0.4) is 0 Å². The average molecular weight is 338 g/mol. The fourth-order valence-electron chi connectivity index (χ4n) is 3.72. The van der Waals surface area contributed by atoms with Gasteiger partial charge in [0.1, 0.15) is 0 Å². The summed E-state index contributed by atoms with van der Waals surface area (Å²) in [7, 11) is 0. The van der Waals surface area contributed by atoms with Crippen molar-refractivity contribution in [3.05, 3.63) is 60.7 Å². The number of fused-ring (bicyclic) bond motifs is 1. The number of hydrogen-bond acceptors (Lipinski definition) is 3. The highest BCUT2D eigenvalue weighted by atomic mass is 16.7. The minimum Gasteiger partial charge on any atom is -0.370 e. The monoisotopic (exact) mass is 338 g/mol. The molecule has 0 N–H and O–H groups in total. The van der Waals surface area contributed by atoms with Gasteiger partial charge in [-0.2, -0.15) is 0 Å². The summed E-state index contributed by atoms with van der Waals surface area (Å²) in [4.78, 5) is 0. The molecule has 1 saturated carbocycles. The van der Waals surface area contributed by atoms with Crippen LogP contribution in [0.1, 0.15) is 25.7 Å². The molecule has 25 heavy (non-hydrogen) atoms. The predicted molar refractivity (Wildman–Crippen MR) is 98.2 cm³/mol. The summed E-state index contributed by atoms with van der Waals surface area (Å²) in [6.45, 7) is 1.74. The summed E-state index contributed by atoms with van der Waals surface area (Å²) < 4.78 is 16.7. The first-order valence-corrected chi connectivity index (χ1v) is 9.39. The van der Waals surface area contributed by atoms with Crippen molar-refractivity contribution in [2.45, 2.75) is 44.2 Å². The van der Waals surface area contributed by atoms with Gasteiger partial charge in [-0.05, 0) is 36.8 Å². The van der Waals surface area contributed by atoms with Gasteiger partial charge in [-0.3, -0.25) is 0 Å². The van der Waals surface area contributed by atoms with Gasteiger partial charge in [0.05, 0.1) is 25.4 Å². The van der Waals surface area contributed by atoms with E-state index in [0.29, 0.717) is 18.1 Å². The highest BCUT2D eigenvalue weighted by Crippen LogP contribution is 2.41. The Bertz CT molecular complexity index is 599. The third-order valence-corrected chi connectivity index (χ3v) is 5.16. The lowest BCUT2D eigenvalue weighted by Crippen LogP contribution is -2.34. The fraction of sp³-hybridized carbons (Fsp3) is 0.455. The topological polar surface area (TPSA) is 31.0 Å². The van der Waals surface area contributed by atoms with Crippen molar-refractivity contribution in [1.29, 1.82) is 0 Å². The van der Waals surface area contributed by atoms with E-state index in [1.165, 1.54) is 24.0 Å². The summed E-state index contributed by atoms with van der Waals surface area (Å²) in [5.74, 6) is 0.587. The van der Waals surface area contributed by atoms with Crippen LogP contribution in [0.15, 0.2) is 60.7 Å². The van der Waals surface area contributed by atoms with Crippen molar-refractivity contribution in [1.82, 2.24) is 0 Å². The van der Waals surface area contributed by atoms with Crippen LogP contribution in [0.5, 0.6) is 0 Å². The lowest BCUT2D eigenvalue weighted by atomic mass is 9.88. The average Bonchev–Trinajstić information content (AvgIpc) is 3.49. The van der Waals surface area contributed by atoms with E-state index in [-0.39, 0.29) is 6.29 Å². The molecule has 0 aromatic heterocycles. The van der Waals surface area contributed by atoms with E-state index >= 15 is 0 Å². The van der Waals surface area contributed by atoms with E-state index in [9.17, 15) is 0 Å². The number of epoxide rings is 1. The van der Waals surface area contributed by atoms with Gasteiger partial charge in [0.15, 0.2) is 6.29 Å². The van der Waals surface area contributed by atoms with E-state index in [4.69, 9.17) is 14.2 Å². The van der Waals surface area contributed by atoms with Gasteiger partial charge in [-0.15, -0.1) is 0 Å². The summed E-state index contributed by atoms with van der Waals surface area (Å²) in [5, 5.41) is 0. The minimum atomic E-state index is 0.0684. The van der Waals surface area contributed by atoms with Gasteiger partial charge in [-0.25, -0.2) is 0 Å². The molecule has 3 atom stereocenters. The molecule has 2 aromatic carbocycles. The van der Waals surface area contributed by atoms with Crippen LogP contribution in [0.2, 0.25) is 0 Å². The van der Waals surface area contributed by atoms with E-state index in [0.717, 1.165) is 26.1 Å². The van der Waals surface area contributed by atoms with Gasteiger partial charge in [0.25, 0.3) is 0 Å². The van der Waals surface area contributed by atoms with Crippen molar-refractivity contribution in [3.63, 3.8) is 0 Å². The molecule has 0 radical (unpaired) electrons. The molecule has 3 fully saturated rings.